The fourth-order valence-corrected chi connectivity index (χ4v) is 5.40. The number of carbonyl (C=O) groups excluding carboxylic acids is 4. The molecule has 0 bridgehead atoms. The number of piperazine rings is 1. The van der Waals surface area contributed by atoms with Gasteiger partial charge in [-0.3, -0.25) is 24.5 Å². The summed E-state index contributed by atoms with van der Waals surface area (Å²) < 4.78 is 5.91. The average molecular weight is 519 g/mol. The maximum Gasteiger partial charge on any atom is 0.255 e. The highest BCUT2D eigenvalue weighted by Crippen LogP contribution is 2.30. The van der Waals surface area contributed by atoms with Crippen LogP contribution in [-0.2, 0) is 20.9 Å². The van der Waals surface area contributed by atoms with E-state index in [1.165, 1.54) is 10.6 Å². The summed E-state index contributed by atoms with van der Waals surface area (Å²) in [5.41, 5.74) is 2.61. The third kappa shape index (κ3) is 5.82. The molecule has 200 valence electrons. The molecule has 0 spiro atoms. The lowest BCUT2D eigenvalue weighted by Crippen LogP contribution is -2.52. The van der Waals surface area contributed by atoms with Crippen LogP contribution in [0.4, 0.5) is 5.69 Å². The Morgan fingerprint density at radius 1 is 0.947 bits per heavy atom. The van der Waals surface area contributed by atoms with Gasteiger partial charge in [-0.05, 0) is 61.6 Å². The van der Waals surface area contributed by atoms with Crippen LogP contribution in [0.25, 0.3) is 0 Å². The maximum atomic E-state index is 12.8. The van der Waals surface area contributed by atoms with E-state index in [-0.39, 0.29) is 24.1 Å². The number of piperidine rings is 1. The fraction of sp³-hybridized carbons (Fsp3) is 0.448. The van der Waals surface area contributed by atoms with Crippen LogP contribution >= 0.6 is 0 Å². The third-order valence-corrected chi connectivity index (χ3v) is 7.55. The molecule has 2 aromatic carbocycles. The van der Waals surface area contributed by atoms with E-state index in [0.717, 1.165) is 51.0 Å². The first-order valence-electron chi connectivity index (χ1n) is 13.5. The normalized spacial score (nSPS) is 19.4. The van der Waals surface area contributed by atoms with Crippen molar-refractivity contribution in [3.05, 3.63) is 59.7 Å². The molecule has 5 rings (SSSR count). The predicted octanol–water partition coefficient (Wildman–Crippen LogP) is 2.74. The molecule has 2 aromatic rings. The van der Waals surface area contributed by atoms with Crippen molar-refractivity contribution in [1.29, 1.82) is 0 Å². The number of hydrogen-bond donors (Lipinski definition) is 1. The zero-order valence-electron chi connectivity index (χ0n) is 21.6. The number of para-hydroxylation sites is 1. The van der Waals surface area contributed by atoms with E-state index in [0.29, 0.717) is 37.3 Å². The van der Waals surface area contributed by atoms with Gasteiger partial charge in [-0.1, -0.05) is 18.2 Å². The second-order valence-electron chi connectivity index (χ2n) is 10.1. The van der Waals surface area contributed by atoms with Crippen molar-refractivity contribution in [2.75, 3.05) is 37.7 Å². The van der Waals surface area contributed by atoms with Gasteiger partial charge in [0.25, 0.3) is 5.91 Å². The molecule has 1 unspecified atom stereocenters. The molecule has 3 aliphatic rings. The molecule has 0 aromatic heterocycles. The van der Waals surface area contributed by atoms with Gasteiger partial charge < -0.3 is 19.4 Å². The number of anilines is 1. The summed E-state index contributed by atoms with van der Waals surface area (Å²) in [5.74, 6) is 0.0210. The van der Waals surface area contributed by atoms with Crippen molar-refractivity contribution in [2.45, 2.75) is 51.1 Å². The maximum absolute atomic E-state index is 12.8. The van der Waals surface area contributed by atoms with Gasteiger partial charge in [0.1, 0.15) is 11.8 Å². The van der Waals surface area contributed by atoms with Gasteiger partial charge in [0.05, 0.1) is 6.61 Å². The molecule has 1 N–H and O–H groups in total. The van der Waals surface area contributed by atoms with Crippen LogP contribution in [0.2, 0.25) is 0 Å². The second kappa shape index (κ2) is 11.7. The van der Waals surface area contributed by atoms with Crippen LogP contribution in [-0.4, -0.2) is 72.3 Å². The molecule has 0 radical (unpaired) electrons. The summed E-state index contributed by atoms with van der Waals surface area (Å²) >= 11 is 0. The van der Waals surface area contributed by atoms with Crippen molar-refractivity contribution in [1.82, 2.24) is 15.1 Å². The Hall–Kier alpha value is -3.88. The van der Waals surface area contributed by atoms with Crippen molar-refractivity contribution in [3.63, 3.8) is 0 Å². The molecule has 2 fully saturated rings. The number of hydrogen-bond acceptors (Lipinski definition) is 6. The van der Waals surface area contributed by atoms with Gasteiger partial charge in [-0.25, -0.2) is 0 Å². The molecule has 0 saturated carbocycles. The number of nitrogens with one attached hydrogen (secondary N) is 1. The van der Waals surface area contributed by atoms with Crippen molar-refractivity contribution in [3.8, 4) is 5.75 Å². The van der Waals surface area contributed by atoms with Crippen LogP contribution in [0.15, 0.2) is 48.5 Å². The molecule has 9 heteroatoms. The van der Waals surface area contributed by atoms with Crippen molar-refractivity contribution >= 4 is 29.3 Å². The monoisotopic (exact) mass is 518 g/mol. The highest BCUT2D eigenvalue weighted by atomic mass is 16.5. The minimum atomic E-state index is -0.618. The molecule has 1 atom stereocenters. The van der Waals surface area contributed by atoms with Crippen LogP contribution in [0.5, 0.6) is 5.75 Å². The number of imide groups is 1. The summed E-state index contributed by atoms with van der Waals surface area (Å²) in [7, 11) is 0. The highest BCUT2D eigenvalue weighted by molar-refractivity contribution is 6.05. The Balaban J connectivity index is 0.998. The first-order valence-corrected chi connectivity index (χ1v) is 13.5. The lowest BCUT2D eigenvalue weighted by atomic mass is 10.0. The quantitative estimate of drug-likeness (QED) is 0.405. The smallest absolute Gasteiger partial charge is 0.255 e. The zero-order chi connectivity index (χ0) is 26.5. The highest BCUT2D eigenvalue weighted by Gasteiger charge is 2.39. The number of nitrogens with zero attached hydrogens (tertiary/aromatic N) is 3. The van der Waals surface area contributed by atoms with Crippen molar-refractivity contribution in [2.24, 2.45) is 0 Å². The van der Waals surface area contributed by atoms with Gasteiger partial charge in [0.2, 0.25) is 17.7 Å². The Morgan fingerprint density at radius 2 is 1.74 bits per heavy atom. The summed E-state index contributed by atoms with van der Waals surface area (Å²) in [6.07, 6.45) is 3.72. The topological polar surface area (TPSA) is 99.3 Å². The van der Waals surface area contributed by atoms with E-state index in [2.05, 4.69) is 22.3 Å². The first kappa shape index (κ1) is 25.8. The van der Waals surface area contributed by atoms with E-state index < -0.39 is 11.9 Å². The SMILES string of the molecule is O=C1CCC(N2Cc3cc(OCCCCCC(=O)N4CCN(c5ccccc5)CC4)ccc3C2=O)C(=O)N1. The molecular formula is C29H34N4O5. The number of rotatable bonds is 9. The Labute approximate surface area is 222 Å². The summed E-state index contributed by atoms with van der Waals surface area (Å²) in [5, 5.41) is 2.32. The van der Waals surface area contributed by atoms with E-state index in [1.54, 1.807) is 12.1 Å². The van der Waals surface area contributed by atoms with Crippen LogP contribution < -0.4 is 15.0 Å². The van der Waals surface area contributed by atoms with E-state index in [9.17, 15) is 19.2 Å². The number of amides is 4. The zero-order valence-corrected chi connectivity index (χ0v) is 21.6. The Kier molecular flexibility index (Phi) is 7.91. The van der Waals surface area contributed by atoms with Gasteiger partial charge in [-0.2, -0.15) is 0 Å². The number of ether oxygens (including phenoxy) is 1. The molecule has 0 aliphatic carbocycles. The standard InChI is InChI=1S/C29H34N4O5/c34-26-13-12-25(28(36)30-26)33-20-21-19-23(10-11-24(21)29(33)37)38-18-6-2-5-9-27(35)32-16-14-31(15-17-32)22-7-3-1-4-8-22/h1,3-4,7-8,10-11,19,25H,2,5-6,9,12-18,20H2,(H,30,34,36). The van der Waals surface area contributed by atoms with Gasteiger partial charge >= 0.3 is 0 Å². The molecule has 2 saturated heterocycles. The predicted molar refractivity (Wildman–Crippen MR) is 142 cm³/mol. The van der Waals surface area contributed by atoms with E-state index >= 15 is 0 Å². The number of carbonyl (C=O) groups is 4. The average Bonchev–Trinajstić information content (AvgIpc) is 3.26. The molecule has 3 aliphatic heterocycles. The first-order chi connectivity index (χ1) is 18.5. The minimum absolute atomic E-state index is 0.188. The minimum Gasteiger partial charge on any atom is -0.494 e. The molecule has 4 amide bonds. The lowest BCUT2D eigenvalue weighted by molar-refractivity contribution is -0.137. The number of fused-ring (bicyclic) bond motifs is 1. The number of unbranched alkanes of at least 4 members (excludes halogenated alkanes) is 2. The molecule has 9 nitrogen and oxygen atoms in total. The summed E-state index contributed by atoms with van der Waals surface area (Å²) in [6.45, 7) is 4.12. The molecular weight excluding hydrogens is 484 g/mol. The van der Waals surface area contributed by atoms with Crippen molar-refractivity contribution < 1.29 is 23.9 Å². The summed E-state index contributed by atoms with van der Waals surface area (Å²) in [4.78, 5) is 54.9. The van der Waals surface area contributed by atoms with Crippen LogP contribution in [0.1, 0.15) is 54.4 Å². The molecule has 38 heavy (non-hydrogen) atoms. The Bertz CT molecular complexity index is 1190. The third-order valence-electron chi connectivity index (χ3n) is 7.55. The van der Waals surface area contributed by atoms with E-state index in [4.69, 9.17) is 4.74 Å². The van der Waals surface area contributed by atoms with Crippen LogP contribution in [0.3, 0.4) is 0 Å². The second-order valence-corrected chi connectivity index (χ2v) is 10.1. The summed E-state index contributed by atoms with van der Waals surface area (Å²) in [6, 6.07) is 15.1. The van der Waals surface area contributed by atoms with E-state index in [1.807, 2.05) is 29.2 Å². The van der Waals surface area contributed by atoms with Crippen LogP contribution in [0, 0.1) is 0 Å². The fourth-order valence-electron chi connectivity index (χ4n) is 5.40. The van der Waals surface area contributed by atoms with Gasteiger partial charge in [0, 0.05) is 56.8 Å². The number of benzene rings is 2. The van der Waals surface area contributed by atoms with Gasteiger partial charge in [0.15, 0.2) is 0 Å². The Morgan fingerprint density at radius 3 is 2.50 bits per heavy atom. The van der Waals surface area contributed by atoms with Gasteiger partial charge in [-0.15, -0.1) is 0 Å². The lowest BCUT2D eigenvalue weighted by Gasteiger charge is -2.36. The molecule has 3 heterocycles. The largest absolute Gasteiger partial charge is 0.494 e.